The third-order valence-electron chi connectivity index (χ3n) is 6.02. The zero-order valence-corrected chi connectivity index (χ0v) is 24.4. The molecule has 2 heterocycles. The number of hydrogen-bond acceptors (Lipinski definition) is 10. The normalized spacial score (nSPS) is 14.4. The van der Waals surface area contributed by atoms with Gasteiger partial charge in [0.15, 0.2) is 6.61 Å². The predicted octanol–water partition coefficient (Wildman–Crippen LogP) is 3.96. The zero-order valence-electron chi connectivity index (χ0n) is 23.6. The lowest BCUT2D eigenvalue weighted by atomic mass is 10.2. The lowest BCUT2D eigenvalue weighted by Crippen LogP contribution is -2.37. The number of sulfonamides is 1. The van der Waals surface area contributed by atoms with Crippen molar-refractivity contribution in [2.45, 2.75) is 23.7 Å². The molecular formula is C26H29F6N5O7S. The highest BCUT2D eigenvalue weighted by Crippen LogP contribution is 2.34. The molecule has 12 nitrogen and oxygen atoms in total. The fraction of sp³-hybridized carbons (Fsp3) is 0.423. The molecule has 45 heavy (non-hydrogen) atoms. The summed E-state index contributed by atoms with van der Waals surface area (Å²) < 4.78 is 113. The SMILES string of the molecule is CNS(=O)(=O)c1ccc(OCC(F)(F)F)c(Nc2ncnc3cc(OCCCN4CCOCC4)ccc23)c1.O=C(O)C(F)(F)F. The summed E-state index contributed by atoms with van der Waals surface area (Å²) in [6, 6.07) is 8.69. The topological polar surface area (TPSA) is 152 Å². The summed E-state index contributed by atoms with van der Waals surface area (Å²) >= 11 is 0. The Morgan fingerprint density at radius 2 is 1.73 bits per heavy atom. The van der Waals surface area contributed by atoms with Crippen LogP contribution in [0.3, 0.4) is 0 Å². The molecule has 1 aliphatic heterocycles. The molecule has 0 amide bonds. The third kappa shape index (κ3) is 11.2. The lowest BCUT2D eigenvalue weighted by Gasteiger charge is -2.26. The van der Waals surface area contributed by atoms with E-state index in [4.69, 9.17) is 24.1 Å². The van der Waals surface area contributed by atoms with Crippen LogP contribution in [0, 0.1) is 0 Å². The molecule has 248 valence electrons. The van der Waals surface area contributed by atoms with Gasteiger partial charge in [-0.05, 0) is 43.8 Å². The van der Waals surface area contributed by atoms with Crippen LogP contribution in [0.25, 0.3) is 10.9 Å². The van der Waals surface area contributed by atoms with Gasteiger partial charge >= 0.3 is 18.3 Å². The van der Waals surface area contributed by atoms with E-state index in [1.807, 2.05) is 0 Å². The van der Waals surface area contributed by atoms with E-state index in [-0.39, 0.29) is 22.2 Å². The number of halogens is 6. The second kappa shape index (κ2) is 15.4. The van der Waals surface area contributed by atoms with Gasteiger partial charge in [-0.2, -0.15) is 26.3 Å². The molecule has 0 bridgehead atoms. The molecule has 4 rings (SSSR count). The van der Waals surface area contributed by atoms with Gasteiger partial charge in [0, 0.05) is 31.1 Å². The Labute approximate surface area is 253 Å². The number of benzene rings is 2. The van der Waals surface area contributed by atoms with E-state index >= 15 is 0 Å². The monoisotopic (exact) mass is 669 g/mol. The van der Waals surface area contributed by atoms with Gasteiger partial charge < -0.3 is 24.6 Å². The van der Waals surface area contributed by atoms with Gasteiger partial charge in [0.1, 0.15) is 23.6 Å². The Balaban J connectivity index is 0.000000707. The first-order chi connectivity index (χ1) is 21.1. The van der Waals surface area contributed by atoms with Crippen molar-refractivity contribution < 1.29 is 58.9 Å². The number of nitrogens with zero attached hydrogens (tertiary/aromatic N) is 3. The third-order valence-corrected chi connectivity index (χ3v) is 7.43. The number of rotatable bonds is 11. The van der Waals surface area contributed by atoms with Crippen LogP contribution < -0.4 is 19.5 Å². The molecule has 0 unspecified atom stereocenters. The number of carbonyl (C=O) groups is 1. The highest BCUT2D eigenvalue weighted by molar-refractivity contribution is 7.89. The van der Waals surface area contributed by atoms with E-state index < -0.39 is 35.0 Å². The van der Waals surface area contributed by atoms with Crippen molar-refractivity contribution in [1.82, 2.24) is 19.6 Å². The number of hydrogen-bond donors (Lipinski definition) is 3. The van der Waals surface area contributed by atoms with Gasteiger partial charge in [0.2, 0.25) is 10.0 Å². The zero-order chi connectivity index (χ0) is 33.3. The van der Waals surface area contributed by atoms with Gasteiger partial charge in [-0.1, -0.05) is 0 Å². The summed E-state index contributed by atoms with van der Waals surface area (Å²) in [4.78, 5) is 19.5. The van der Waals surface area contributed by atoms with Crippen LogP contribution in [0.5, 0.6) is 11.5 Å². The second-order valence-corrected chi connectivity index (χ2v) is 11.1. The first-order valence-electron chi connectivity index (χ1n) is 13.1. The second-order valence-electron chi connectivity index (χ2n) is 9.25. The van der Waals surface area contributed by atoms with E-state index in [9.17, 15) is 34.8 Å². The number of aromatic nitrogens is 2. The summed E-state index contributed by atoms with van der Waals surface area (Å²) in [7, 11) is -2.63. The van der Waals surface area contributed by atoms with Gasteiger partial charge in [-0.3, -0.25) is 4.90 Å². The Kier molecular flexibility index (Phi) is 12.1. The van der Waals surface area contributed by atoms with E-state index in [1.165, 1.54) is 19.4 Å². The van der Waals surface area contributed by atoms with Crippen molar-refractivity contribution >= 4 is 38.4 Å². The van der Waals surface area contributed by atoms with Crippen LogP contribution in [-0.4, -0.2) is 99.8 Å². The molecule has 1 fully saturated rings. The van der Waals surface area contributed by atoms with Crippen LogP contribution in [-0.2, 0) is 19.6 Å². The van der Waals surface area contributed by atoms with Crippen molar-refractivity contribution in [2.24, 2.45) is 0 Å². The Hall–Kier alpha value is -3.94. The van der Waals surface area contributed by atoms with Gasteiger partial charge in [0.05, 0.1) is 35.9 Å². The van der Waals surface area contributed by atoms with E-state index in [0.29, 0.717) is 23.3 Å². The van der Waals surface area contributed by atoms with Crippen LogP contribution in [0.4, 0.5) is 37.8 Å². The minimum Gasteiger partial charge on any atom is -0.493 e. The smallest absolute Gasteiger partial charge is 0.490 e. The lowest BCUT2D eigenvalue weighted by molar-refractivity contribution is -0.192. The molecule has 0 saturated carbocycles. The van der Waals surface area contributed by atoms with E-state index in [0.717, 1.165) is 51.4 Å². The summed E-state index contributed by atoms with van der Waals surface area (Å²) in [5, 5.41) is 10.6. The first kappa shape index (κ1) is 35.5. The molecule has 3 aromatic rings. The minimum absolute atomic E-state index is 0.00554. The maximum atomic E-state index is 12.8. The average Bonchev–Trinajstić information content (AvgIpc) is 2.98. The quantitative estimate of drug-likeness (QED) is 0.201. The number of carboxylic acids is 1. The summed E-state index contributed by atoms with van der Waals surface area (Å²) in [5.41, 5.74) is 0.527. The number of carboxylic acid groups (broad SMARTS) is 1. The summed E-state index contributed by atoms with van der Waals surface area (Å²) in [5.74, 6) is -2.08. The van der Waals surface area contributed by atoms with Crippen molar-refractivity contribution in [3.63, 3.8) is 0 Å². The number of anilines is 2. The van der Waals surface area contributed by atoms with Gasteiger partial charge in [0.25, 0.3) is 0 Å². The largest absolute Gasteiger partial charge is 0.493 e. The molecule has 0 aliphatic carbocycles. The highest BCUT2D eigenvalue weighted by atomic mass is 32.2. The molecule has 1 aromatic heterocycles. The Morgan fingerprint density at radius 1 is 1.04 bits per heavy atom. The number of ether oxygens (including phenoxy) is 3. The fourth-order valence-electron chi connectivity index (χ4n) is 3.83. The van der Waals surface area contributed by atoms with Crippen LogP contribution in [0.2, 0.25) is 0 Å². The number of morpholine rings is 1. The van der Waals surface area contributed by atoms with Crippen molar-refractivity contribution in [3.8, 4) is 11.5 Å². The predicted molar refractivity (Wildman–Crippen MR) is 148 cm³/mol. The Bertz CT molecular complexity index is 1550. The van der Waals surface area contributed by atoms with E-state index in [2.05, 4.69) is 24.9 Å². The number of aliphatic carboxylic acids is 1. The van der Waals surface area contributed by atoms with Crippen LogP contribution >= 0.6 is 0 Å². The van der Waals surface area contributed by atoms with Crippen LogP contribution in [0.15, 0.2) is 47.6 Å². The molecule has 1 saturated heterocycles. The molecule has 1 aliphatic rings. The fourth-order valence-corrected chi connectivity index (χ4v) is 4.59. The maximum absolute atomic E-state index is 12.8. The minimum atomic E-state index is -5.08. The molecule has 0 atom stereocenters. The average molecular weight is 670 g/mol. The van der Waals surface area contributed by atoms with E-state index in [1.54, 1.807) is 18.2 Å². The molecule has 0 spiro atoms. The molecule has 19 heteroatoms. The molecule has 0 radical (unpaired) electrons. The number of alkyl halides is 6. The molecule has 3 N–H and O–H groups in total. The van der Waals surface area contributed by atoms with Crippen molar-refractivity contribution in [2.75, 3.05) is 58.4 Å². The van der Waals surface area contributed by atoms with Crippen LogP contribution in [0.1, 0.15) is 6.42 Å². The summed E-state index contributed by atoms with van der Waals surface area (Å²) in [6.45, 7) is 3.20. The summed E-state index contributed by atoms with van der Waals surface area (Å²) in [6.07, 6.45) is -7.52. The number of nitrogens with one attached hydrogen (secondary N) is 2. The standard InChI is InChI=1S/C24H28F3N5O5S.C2HF3O2/c1-28-38(33,34)18-4-6-22(37-15-24(25,26)27)21(14-18)31-23-19-5-3-17(13-20(19)29-16-30-23)36-10-2-7-32-8-11-35-12-9-32;3-2(4,5)1(6)7/h3-6,13-14,16,28H,2,7-12,15H2,1H3,(H,29,30,31);(H,6,7). The van der Waals surface area contributed by atoms with Gasteiger partial charge in [-0.25, -0.2) is 27.9 Å². The Morgan fingerprint density at radius 3 is 2.36 bits per heavy atom. The molecular weight excluding hydrogens is 640 g/mol. The van der Waals surface area contributed by atoms with Crippen molar-refractivity contribution in [1.29, 1.82) is 0 Å². The van der Waals surface area contributed by atoms with Gasteiger partial charge in [-0.15, -0.1) is 0 Å². The highest BCUT2D eigenvalue weighted by Gasteiger charge is 2.38. The molecule has 2 aromatic carbocycles. The first-order valence-corrected chi connectivity index (χ1v) is 14.6. The number of fused-ring (bicyclic) bond motifs is 1. The maximum Gasteiger partial charge on any atom is 0.490 e. The van der Waals surface area contributed by atoms with Crippen molar-refractivity contribution in [3.05, 3.63) is 42.7 Å².